The van der Waals surface area contributed by atoms with Gasteiger partial charge in [-0.25, -0.2) is 9.78 Å². The number of ether oxygens (including phenoxy) is 3. The fourth-order valence-electron chi connectivity index (χ4n) is 4.11. The van der Waals surface area contributed by atoms with E-state index in [1.165, 1.54) is 5.56 Å². The number of benzene rings is 1. The fourth-order valence-corrected chi connectivity index (χ4v) is 4.11. The van der Waals surface area contributed by atoms with Gasteiger partial charge in [0.1, 0.15) is 11.2 Å². The Morgan fingerprint density at radius 3 is 2.38 bits per heavy atom. The number of piperidine rings is 1. The monoisotopic (exact) mass is 437 g/mol. The maximum absolute atomic E-state index is 12.3. The van der Waals surface area contributed by atoms with Gasteiger partial charge in [-0.15, -0.1) is 0 Å². The molecule has 0 N–H and O–H groups in total. The van der Waals surface area contributed by atoms with Gasteiger partial charge in [0.05, 0.1) is 19.9 Å². The molecule has 170 valence electrons. The Hall–Kier alpha value is -3.22. The average molecular weight is 438 g/mol. The van der Waals surface area contributed by atoms with Crippen molar-refractivity contribution in [2.45, 2.75) is 45.1 Å². The molecule has 7 heteroatoms. The van der Waals surface area contributed by atoms with Crippen LogP contribution in [-0.2, 0) is 4.74 Å². The van der Waals surface area contributed by atoms with E-state index < -0.39 is 5.60 Å². The number of carbonyl (C=O) groups is 1. The molecular formula is C25H31N3O4. The van der Waals surface area contributed by atoms with E-state index in [-0.39, 0.29) is 6.09 Å². The van der Waals surface area contributed by atoms with Crippen molar-refractivity contribution in [3.63, 3.8) is 0 Å². The molecule has 1 saturated heterocycles. The third kappa shape index (κ3) is 4.66. The predicted molar refractivity (Wildman–Crippen MR) is 124 cm³/mol. The lowest BCUT2D eigenvalue weighted by molar-refractivity contribution is 0.0205. The Bertz CT molecular complexity index is 1110. The molecule has 0 unspecified atom stereocenters. The lowest BCUT2D eigenvalue weighted by Gasteiger charge is -2.33. The molecule has 32 heavy (non-hydrogen) atoms. The summed E-state index contributed by atoms with van der Waals surface area (Å²) in [6.45, 7) is 7.10. The van der Waals surface area contributed by atoms with Crippen LogP contribution in [0.3, 0.4) is 0 Å². The van der Waals surface area contributed by atoms with E-state index in [4.69, 9.17) is 19.2 Å². The lowest BCUT2D eigenvalue weighted by atomic mass is 9.90. The normalized spacial score (nSPS) is 15.1. The molecule has 1 fully saturated rings. The smallest absolute Gasteiger partial charge is 0.410 e. The van der Waals surface area contributed by atoms with Crippen LogP contribution >= 0.6 is 0 Å². The van der Waals surface area contributed by atoms with Gasteiger partial charge < -0.3 is 23.5 Å². The largest absolute Gasteiger partial charge is 0.493 e. The number of methoxy groups -OCH3 is 2. The van der Waals surface area contributed by atoms with Crippen LogP contribution in [0.1, 0.15) is 45.1 Å². The lowest BCUT2D eigenvalue weighted by Crippen LogP contribution is -2.41. The Morgan fingerprint density at radius 2 is 1.72 bits per heavy atom. The van der Waals surface area contributed by atoms with Crippen molar-refractivity contribution in [3.05, 3.63) is 48.3 Å². The van der Waals surface area contributed by atoms with Crippen LogP contribution in [0.5, 0.6) is 11.5 Å². The van der Waals surface area contributed by atoms with Crippen molar-refractivity contribution in [1.29, 1.82) is 0 Å². The number of amides is 1. The third-order valence-corrected chi connectivity index (χ3v) is 5.77. The highest BCUT2D eigenvalue weighted by Gasteiger charge is 2.27. The number of pyridine rings is 1. The molecule has 0 spiro atoms. The highest BCUT2D eigenvalue weighted by Crippen LogP contribution is 2.33. The van der Waals surface area contributed by atoms with Crippen molar-refractivity contribution in [2.75, 3.05) is 27.3 Å². The number of fused-ring (bicyclic) bond motifs is 1. The number of imidazole rings is 1. The molecule has 1 aromatic carbocycles. The molecule has 3 aromatic rings. The molecule has 7 nitrogen and oxygen atoms in total. The van der Waals surface area contributed by atoms with Crippen LogP contribution < -0.4 is 9.47 Å². The molecule has 0 aliphatic carbocycles. The van der Waals surface area contributed by atoms with Crippen LogP contribution in [-0.4, -0.2) is 53.3 Å². The van der Waals surface area contributed by atoms with E-state index in [0.29, 0.717) is 30.5 Å². The van der Waals surface area contributed by atoms with Gasteiger partial charge in [-0.1, -0.05) is 6.07 Å². The minimum absolute atomic E-state index is 0.222. The Balaban J connectivity index is 1.49. The van der Waals surface area contributed by atoms with Crippen molar-refractivity contribution in [3.8, 4) is 22.8 Å². The van der Waals surface area contributed by atoms with Gasteiger partial charge in [-0.3, -0.25) is 0 Å². The molecule has 0 bridgehead atoms. The number of hydrogen-bond donors (Lipinski definition) is 0. The summed E-state index contributed by atoms with van der Waals surface area (Å²) in [5.41, 5.74) is 3.54. The van der Waals surface area contributed by atoms with Crippen molar-refractivity contribution >= 4 is 11.7 Å². The molecule has 4 rings (SSSR count). The van der Waals surface area contributed by atoms with Gasteiger partial charge >= 0.3 is 6.09 Å². The molecule has 2 aromatic heterocycles. The number of likely N-dealkylation sites (tertiary alicyclic amines) is 1. The highest BCUT2D eigenvalue weighted by atomic mass is 16.6. The van der Waals surface area contributed by atoms with E-state index in [1.54, 1.807) is 14.2 Å². The number of nitrogens with zero attached hydrogens (tertiary/aromatic N) is 3. The number of aromatic nitrogens is 2. The van der Waals surface area contributed by atoms with Crippen LogP contribution in [0.25, 0.3) is 16.9 Å². The van der Waals surface area contributed by atoms with Gasteiger partial charge in [0, 0.05) is 31.0 Å². The minimum atomic E-state index is -0.466. The summed E-state index contributed by atoms with van der Waals surface area (Å²) in [6, 6.07) is 10.0. The second-order valence-electron chi connectivity index (χ2n) is 9.17. The van der Waals surface area contributed by atoms with Crippen LogP contribution in [0.2, 0.25) is 0 Å². The second kappa shape index (κ2) is 8.73. The molecule has 1 amide bonds. The van der Waals surface area contributed by atoms with E-state index >= 15 is 0 Å². The third-order valence-electron chi connectivity index (χ3n) is 5.77. The van der Waals surface area contributed by atoms with Gasteiger partial charge in [0.25, 0.3) is 0 Å². The molecular weight excluding hydrogens is 406 g/mol. The van der Waals surface area contributed by atoms with Crippen molar-refractivity contribution in [1.82, 2.24) is 14.3 Å². The van der Waals surface area contributed by atoms with Gasteiger partial charge in [0.2, 0.25) is 0 Å². The summed E-state index contributed by atoms with van der Waals surface area (Å²) >= 11 is 0. The molecule has 1 aliphatic heterocycles. The predicted octanol–water partition coefficient (Wildman–Crippen LogP) is 5.13. The highest BCUT2D eigenvalue weighted by molar-refractivity contribution is 5.68. The summed E-state index contributed by atoms with van der Waals surface area (Å²) < 4.78 is 18.3. The first-order valence-corrected chi connectivity index (χ1v) is 11.0. The number of rotatable bonds is 4. The maximum atomic E-state index is 12.3. The molecule has 0 saturated carbocycles. The van der Waals surface area contributed by atoms with Crippen LogP contribution in [0.15, 0.2) is 42.7 Å². The molecule has 1 aliphatic rings. The average Bonchev–Trinajstić information content (AvgIpc) is 3.21. The second-order valence-corrected chi connectivity index (χ2v) is 9.17. The topological polar surface area (TPSA) is 65.3 Å². The zero-order chi connectivity index (χ0) is 22.9. The van der Waals surface area contributed by atoms with E-state index in [1.807, 2.05) is 50.1 Å². The molecule has 0 atom stereocenters. The first kappa shape index (κ1) is 22.0. The van der Waals surface area contributed by atoms with E-state index in [2.05, 4.69) is 22.7 Å². The summed E-state index contributed by atoms with van der Waals surface area (Å²) in [7, 11) is 3.26. The minimum Gasteiger partial charge on any atom is -0.493 e. The zero-order valence-electron chi connectivity index (χ0n) is 19.4. The standard InChI is InChI=1S/C25H31N3O4/c1-25(2,3)32-24(29)27-12-10-17(11-13-27)19-7-9-23-26-20(16-28(23)15-19)18-6-8-21(30-4)22(14-18)31-5/h6-9,14-17H,10-13H2,1-5H3. The first-order valence-electron chi connectivity index (χ1n) is 11.0. The summed E-state index contributed by atoms with van der Waals surface area (Å²) in [4.78, 5) is 18.9. The Morgan fingerprint density at radius 1 is 1.00 bits per heavy atom. The fraction of sp³-hybridized carbons (Fsp3) is 0.440. The van der Waals surface area contributed by atoms with Gasteiger partial charge in [-0.05, 0) is 69.4 Å². The van der Waals surface area contributed by atoms with Crippen molar-refractivity contribution in [2.24, 2.45) is 0 Å². The number of hydrogen-bond acceptors (Lipinski definition) is 5. The van der Waals surface area contributed by atoms with Gasteiger partial charge in [-0.2, -0.15) is 0 Å². The number of carbonyl (C=O) groups excluding carboxylic acids is 1. The van der Waals surface area contributed by atoms with E-state index in [9.17, 15) is 4.79 Å². The maximum Gasteiger partial charge on any atom is 0.410 e. The SMILES string of the molecule is COc1ccc(-c2cn3cc(C4CCN(C(=O)OC(C)(C)C)CC4)ccc3n2)cc1OC. The first-order chi connectivity index (χ1) is 15.3. The Kier molecular flexibility index (Phi) is 6.00. The quantitative estimate of drug-likeness (QED) is 0.566. The molecule has 0 radical (unpaired) electrons. The Labute approximate surface area is 188 Å². The summed E-state index contributed by atoms with van der Waals surface area (Å²) in [6.07, 6.45) is 5.81. The van der Waals surface area contributed by atoms with E-state index in [0.717, 1.165) is 29.7 Å². The van der Waals surface area contributed by atoms with Gasteiger partial charge in [0.15, 0.2) is 11.5 Å². The zero-order valence-corrected chi connectivity index (χ0v) is 19.4. The molecule has 3 heterocycles. The van der Waals surface area contributed by atoms with Crippen LogP contribution in [0.4, 0.5) is 4.79 Å². The van der Waals surface area contributed by atoms with Crippen molar-refractivity contribution < 1.29 is 19.0 Å². The summed E-state index contributed by atoms with van der Waals surface area (Å²) in [5.74, 6) is 1.78. The summed E-state index contributed by atoms with van der Waals surface area (Å²) in [5, 5.41) is 0. The van der Waals surface area contributed by atoms with Crippen LogP contribution in [0, 0.1) is 0 Å².